The van der Waals surface area contributed by atoms with E-state index in [1.807, 2.05) is 0 Å². The molecule has 1 rings (SSSR count). The Kier molecular flexibility index (Phi) is 9.96. The molecule has 27 heavy (non-hydrogen) atoms. The fourth-order valence-electron chi connectivity index (χ4n) is 2.34. The van der Waals surface area contributed by atoms with Gasteiger partial charge in [-0.3, -0.25) is 24.2 Å². The van der Waals surface area contributed by atoms with E-state index >= 15 is 0 Å². The summed E-state index contributed by atoms with van der Waals surface area (Å²) in [7, 11) is -0.935. The summed E-state index contributed by atoms with van der Waals surface area (Å²) in [6.07, 6.45) is 2.49. The summed E-state index contributed by atoms with van der Waals surface area (Å²) in [5.74, 6) is -3.45. The zero-order chi connectivity index (χ0) is 20.2. The number of hydrogen-bond acceptors (Lipinski definition) is 5. The minimum atomic E-state index is -1.14. The number of hydrogen-bond donors (Lipinski definition) is 3. The maximum atomic E-state index is 12.5. The van der Waals surface area contributed by atoms with Crippen molar-refractivity contribution >= 4 is 31.7 Å². The lowest BCUT2D eigenvalue weighted by Crippen LogP contribution is -2.35. The molecule has 9 nitrogen and oxygen atoms in total. The minimum Gasteiger partial charge on any atom is -0.481 e. The molecule has 0 bridgehead atoms. The summed E-state index contributed by atoms with van der Waals surface area (Å²) < 4.78 is 0. The van der Waals surface area contributed by atoms with Gasteiger partial charge in [-0.2, -0.15) is 0 Å². The zero-order valence-corrected chi connectivity index (χ0v) is 15.7. The third-order valence-corrected chi connectivity index (χ3v) is 6.25. The summed E-state index contributed by atoms with van der Waals surface area (Å²) >= 11 is 0. The number of amides is 1. The number of carbonyl (C=O) groups excluding carboxylic acids is 1. The average molecular weight is 398 g/mol. The van der Waals surface area contributed by atoms with E-state index in [1.54, 1.807) is 24.4 Å². The Bertz CT molecular complexity index is 636. The molecule has 3 N–H and O–H groups in total. The summed E-state index contributed by atoms with van der Waals surface area (Å²) in [4.78, 5) is 50.3. The van der Waals surface area contributed by atoms with E-state index in [4.69, 9.17) is 15.3 Å². The Balaban J connectivity index is 2.67. The standard InChI is InChI=1S/C17H23N2O7P/c20-14(4-8-27(9-5-15(21)22)10-6-16(23)24)19(12-17(25)26)11-13-3-1-2-7-18-13/h1-3,7H,4-6,8-12H2,(H,21,22)(H,23,24)(H,25,26). The Morgan fingerprint density at radius 2 is 1.48 bits per heavy atom. The SMILES string of the molecule is O=C(O)CCP(CCC(=O)O)CCC(=O)N(CC(=O)O)Cc1ccccn1. The third-order valence-electron chi connectivity index (χ3n) is 3.68. The first-order valence-corrected chi connectivity index (χ1v) is 10.2. The maximum absolute atomic E-state index is 12.5. The normalized spacial score (nSPS) is 10.6. The predicted octanol–water partition coefficient (Wildman–Crippen LogP) is 1.32. The Morgan fingerprint density at radius 3 is 1.96 bits per heavy atom. The van der Waals surface area contributed by atoms with E-state index in [9.17, 15) is 19.2 Å². The van der Waals surface area contributed by atoms with Crippen molar-refractivity contribution in [1.82, 2.24) is 9.88 Å². The van der Waals surface area contributed by atoms with Gasteiger partial charge >= 0.3 is 17.9 Å². The van der Waals surface area contributed by atoms with Crippen molar-refractivity contribution < 1.29 is 34.5 Å². The summed E-state index contributed by atoms with van der Waals surface area (Å²) in [6.45, 7) is -0.397. The Morgan fingerprint density at radius 1 is 0.889 bits per heavy atom. The molecule has 0 saturated heterocycles. The Labute approximate surface area is 157 Å². The Hall–Kier alpha value is -2.54. The van der Waals surface area contributed by atoms with Crippen LogP contribution in [0.2, 0.25) is 0 Å². The lowest BCUT2D eigenvalue weighted by molar-refractivity contribution is -0.144. The van der Waals surface area contributed by atoms with Crippen LogP contribution in [-0.4, -0.2) is 74.0 Å². The van der Waals surface area contributed by atoms with Crippen LogP contribution in [0.15, 0.2) is 24.4 Å². The van der Waals surface area contributed by atoms with E-state index in [-0.39, 0.29) is 31.7 Å². The third kappa shape index (κ3) is 10.3. The highest BCUT2D eigenvalue weighted by molar-refractivity contribution is 7.57. The van der Waals surface area contributed by atoms with Crippen LogP contribution in [0.5, 0.6) is 0 Å². The van der Waals surface area contributed by atoms with Crippen LogP contribution in [0, 0.1) is 0 Å². The second-order valence-corrected chi connectivity index (χ2v) is 8.53. The lowest BCUT2D eigenvalue weighted by Gasteiger charge is -2.22. The van der Waals surface area contributed by atoms with Gasteiger partial charge < -0.3 is 20.2 Å². The highest BCUT2D eigenvalue weighted by Crippen LogP contribution is 2.37. The van der Waals surface area contributed by atoms with Crippen molar-refractivity contribution in [3.63, 3.8) is 0 Å². The molecule has 1 aromatic rings. The highest BCUT2D eigenvalue weighted by Gasteiger charge is 2.20. The molecule has 0 aliphatic heterocycles. The highest BCUT2D eigenvalue weighted by atomic mass is 31.1. The number of rotatable bonds is 13. The zero-order valence-electron chi connectivity index (χ0n) is 14.8. The summed E-state index contributed by atoms with van der Waals surface area (Å²) in [5, 5.41) is 26.7. The van der Waals surface area contributed by atoms with E-state index in [0.717, 1.165) is 0 Å². The van der Waals surface area contributed by atoms with Gasteiger partial charge in [-0.05, 0) is 30.6 Å². The van der Waals surface area contributed by atoms with Crippen molar-refractivity contribution in [1.29, 1.82) is 0 Å². The minimum absolute atomic E-state index is 0.0467. The molecule has 0 aromatic carbocycles. The van der Waals surface area contributed by atoms with Crippen molar-refractivity contribution in [2.75, 3.05) is 25.0 Å². The van der Waals surface area contributed by atoms with E-state index in [0.29, 0.717) is 24.2 Å². The van der Waals surface area contributed by atoms with E-state index in [1.165, 1.54) is 4.90 Å². The van der Waals surface area contributed by atoms with Crippen LogP contribution in [0.1, 0.15) is 25.0 Å². The predicted molar refractivity (Wildman–Crippen MR) is 97.9 cm³/mol. The monoisotopic (exact) mass is 398 g/mol. The molecule has 0 atom stereocenters. The van der Waals surface area contributed by atoms with Gasteiger partial charge in [0.2, 0.25) is 5.91 Å². The van der Waals surface area contributed by atoms with Crippen LogP contribution in [0.4, 0.5) is 0 Å². The van der Waals surface area contributed by atoms with Gasteiger partial charge in [0, 0.05) is 25.5 Å². The van der Waals surface area contributed by atoms with Gasteiger partial charge in [0.05, 0.1) is 12.2 Å². The topological polar surface area (TPSA) is 145 Å². The molecule has 0 aliphatic rings. The molecule has 10 heteroatoms. The largest absolute Gasteiger partial charge is 0.481 e. The molecule has 1 heterocycles. The van der Waals surface area contributed by atoms with Gasteiger partial charge in [0.1, 0.15) is 6.54 Å². The molecule has 148 valence electrons. The van der Waals surface area contributed by atoms with Crippen LogP contribution < -0.4 is 0 Å². The molecule has 0 saturated carbocycles. The lowest BCUT2D eigenvalue weighted by atomic mass is 10.3. The van der Waals surface area contributed by atoms with Crippen molar-refractivity contribution in [3.05, 3.63) is 30.1 Å². The maximum Gasteiger partial charge on any atom is 0.323 e. The molecule has 0 aliphatic carbocycles. The number of aliphatic carboxylic acids is 3. The van der Waals surface area contributed by atoms with Gasteiger partial charge in [-0.1, -0.05) is 6.07 Å². The molecule has 1 amide bonds. The summed E-state index contributed by atoms with van der Waals surface area (Å²) in [5.41, 5.74) is 0.561. The number of nitrogens with zero attached hydrogens (tertiary/aromatic N) is 2. The van der Waals surface area contributed by atoms with E-state index in [2.05, 4.69) is 4.98 Å². The number of carbonyl (C=O) groups is 4. The second-order valence-electron chi connectivity index (χ2n) is 5.84. The molecule has 0 fully saturated rings. The van der Waals surface area contributed by atoms with E-state index < -0.39 is 32.4 Å². The number of pyridine rings is 1. The van der Waals surface area contributed by atoms with Crippen LogP contribution in [-0.2, 0) is 25.7 Å². The number of carboxylic acid groups (broad SMARTS) is 3. The average Bonchev–Trinajstić information content (AvgIpc) is 2.60. The number of carboxylic acids is 3. The van der Waals surface area contributed by atoms with Crippen LogP contribution >= 0.6 is 7.92 Å². The first kappa shape index (κ1) is 22.5. The molecule has 0 radical (unpaired) electrons. The molecule has 0 spiro atoms. The first-order valence-electron chi connectivity index (χ1n) is 8.33. The fourth-order valence-corrected chi connectivity index (χ4v) is 4.53. The van der Waals surface area contributed by atoms with Gasteiger partial charge in [0.15, 0.2) is 0 Å². The van der Waals surface area contributed by atoms with Crippen LogP contribution in [0.25, 0.3) is 0 Å². The van der Waals surface area contributed by atoms with Gasteiger partial charge in [-0.25, -0.2) is 0 Å². The number of aromatic nitrogens is 1. The van der Waals surface area contributed by atoms with Crippen LogP contribution in [0.3, 0.4) is 0 Å². The summed E-state index contributed by atoms with van der Waals surface area (Å²) in [6, 6.07) is 5.14. The smallest absolute Gasteiger partial charge is 0.323 e. The first-order chi connectivity index (χ1) is 12.8. The molecule has 0 unspecified atom stereocenters. The quantitative estimate of drug-likeness (QED) is 0.422. The fraction of sp³-hybridized carbons (Fsp3) is 0.471. The molecule has 1 aromatic heterocycles. The molecular weight excluding hydrogens is 375 g/mol. The second kappa shape index (κ2) is 12.0. The van der Waals surface area contributed by atoms with Crippen molar-refractivity contribution in [2.24, 2.45) is 0 Å². The van der Waals surface area contributed by atoms with Gasteiger partial charge in [0.25, 0.3) is 0 Å². The van der Waals surface area contributed by atoms with Crippen molar-refractivity contribution in [3.8, 4) is 0 Å². The van der Waals surface area contributed by atoms with Gasteiger partial charge in [-0.15, -0.1) is 7.92 Å². The van der Waals surface area contributed by atoms with Crippen molar-refractivity contribution in [2.45, 2.75) is 25.8 Å². The molecular formula is C17H23N2O7P.